The molecular weight excluding hydrogens is 408 g/mol. The molecule has 33 heavy (non-hydrogen) atoms. The molecule has 0 aromatic heterocycles. The average molecular weight is 463 g/mol. The van der Waals surface area contributed by atoms with Gasteiger partial charge in [-0.3, -0.25) is 9.59 Å². The maximum absolute atomic E-state index is 11.4. The van der Waals surface area contributed by atoms with Gasteiger partial charge in [-0.25, -0.2) is 0 Å². The summed E-state index contributed by atoms with van der Waals surface area (Å²) in [7, 11) is 0. The number of carbonyl (C=O) groups is 2. The monoisotopic (exact) mass is 462 g/mol. The van der Waals surface area contributed by atoms with E-state index in [9.17, 15) is 14.7 Å². The van der Waals surface area contributed by atoms with E-state index in [-0.39, 0.29) is 6.10 Å². The lowest BCUT2D eigenvalue weighted by molar-refractivity contribution is -0.128. The van der Waals surface area contributed by atoms with Crippen molar-refractivity contribution in [2.24, 2.45) is 47.3 Å². The van der Waals surface area contributed by atoms with Gasteiger partial charge in [-0.2, -0.15) is 0 Å². The lowest BCUT2D eigenvalue weighted by Gasteiger charge is -2.31. The van der Waals surface area contributed by atoms with Gasteiger partial charge in [0.05, 0.1) is 6.10 Å². The summed E-state index contributed by atoms with van der Waals surface area (Å²) < 4.78 is 0. The molecule has 0 aromatic carbocycles. The highest BCUT2D eigenvalue weighted by Crippen LogP contribution is 2.33. The second-order valence-corrected chi connectivity index (χ2v) is 12.3. The summed E-state index contributed by atoms with van der Waals surface area (Å²) in [5, 5.41) is 9.65. The third-order valence-electron chi connectivity index (χ3n) is 8.19. The molecule has 3 heteroatoms. The first-order valence-electron chi connectivity index (χ1n) is 13.7. The third kappa shape index (κ3) is 10.5. The average Bonchev–Trinajstić information content (AvgIpc) is 2.68. The SMILES string of the molecule is C=C(C)[C@@H]1CC[C@@H](C)C[C@H]1O.CC(C)[C@@H]1CC[C@@H](C)CC1=O.CC(C)[C@H]1CC[C@@H](C)CC1=O. The fourth-order valence-electron chi connectivity index (χ4n) is 5.78. The Bertz CT molecular complexity index is 581. The number of aliphatic hydroxyl groups is 1. The molecule has 3 fully saturated rings. The molecule has 0 amide bonds. The molecule has 7 atom stereocenters. The summed E-state index contributed by atoms with van der Waals surface area (Å²) in [6, 6.07) is 0. The van der Waals surface area contributed by atoms with E-state index in [4.69, 9.17) is 0 Å². The third-order valence-corrected chi connectivity index (χ3v) is 8.19. The van der Waals surface area contributed by atoms with Crippen LogP contribution in [0, 0.1) is 47.3 Å². The van der Waals surface area contributed by atoms with Crippen molar-refractivity contribution in [1.82, 2.24) is 0 Å². The molecular formula is C30H54O3. The highest BCUT2D eigenvalue weighted by Gasteiger charge is 2.29. The first kappa shape index (κ1) is 30.1. The van der Waals surface area contributed by atoms with Crippen LogP contribution in [0.5, 0.6) is 0 Å². The number of rotatable bonds is 3. The fourth-order valence-corrected chi connectivity index (χ4v) is 5.78. The number of carbonyl (C=O) groups excluding carboxylic acids is 2. The van der Waals surface area contributed by atoms with Gasteiger partial charge in [0, 0.05) is 30.6 Å². The lowest BCUT2D eigenvalue weighted by Crippen LogP contribution is -2.28. The Hall–Kier alpha value is -0.960. The summed E-state index contributed by atoms with van der Waals surface area (Å²) in [5.74, 6) is 5.17. The smallest absolute Gasteiger partial charge is 0.136 e. The van der Waals surface area contributed by atoms with Gasteiger partial charge in [-0.15, -0.1) is 0 Å². The van der Waals surface area contributed by atoms with Crippen LogP contribution in [0.2, 0.25) is 0 Å². The van der Waals surface area contributed by atoms with Crippen molar-refractivity contribution >= 4 is 11.6 Å². The van der Waals surface area contributed by atoms with Gasteiger partial charge in [-0.05, 0) is 81.5 Å². The molecule has 0 aliphatic heterocycles. The Balaban J connectivity index is 0.000000247. The van der Waals surface area contributed by atoms with E-state index >= 15 is 0 Å². The molecule has 0 radical (unpaired) electrons. The van der Waals surface area contributed by atoms with Gasteiger partial charge in [-0.1, -0.05) is 60.6 Å². The molecule has 192 valence electrons. The number of aliphatic hydroxyl groups excluding tert-OH is 1. The van der Waals surface area contributed by atoms with E-state index in [0.717, 1.165) is 44.1 Å². The van der Waals surface area contributed by atoms with Crippen LogP contribution < -0.4 is 0 Å². The highest BCUT2D eigenvalue weighted by atomic mass is 16.3. The Morgan fingerprint density at radius 2 is 1.15 bits per heavy atom. The minimum atomic E-state index is -0.128. The van der Waals surface area contributed by atoms with Gasteiger partial charge in [0.15, 0.2) is 0 Å². The zero-order chi connectivity index (χ0) is 25.3. The van der Waals surface area contributed by atoms with Crippen molar-refractivity contribution in [3.63, 3.8) is 0 Å². The van der Waals surface area contributed by atoms with Crippen LogP contribution in [-0.4, -0.2) is 22.8 Å². The van der Waals surface area contributed by atoms with Crippen LogP contribution in [0.4, 0.5) is 0 Å². The zero-order valence-corrected chi connectivity index (χ0v) is 23.0. The van der Waals surface area contributed by atoms with E-state index in [1.165, 1.54) is 19.3 Å². The quantitative estimate of drug-likeness (QED) is 0.438. The van der Waals surface area contributed by atoms with Crippen LogP contribution in [0.15, 0.2) is 12.2 Å². The normalized spacial score (nSPS) is 34.8. The molecule has 0 saturated heterocycles. The summed E-state index contributed by atoms with van der Waals surface area (Å²) >= 11 is 0. The van der Waals surface area contributed by atoms with Crippen molar-refractivity contribution in [2.45, 2.75) is 119 Å². The van der Waals surface area contributed by atoms with Crippen LogP contribution in [-0.2, 0) is 9.59 Å². The zero-order valence-electron chi connectivity index (χ0n) is 23.0. The maximum atomic E-state index is 11.4. The molecule has 1 N–H and O–H groups in total. The van der Waals surface area contributed by atoms with E-state index in [1.807, 2.05) is 6.92 Å². The maximum Gasteiger partial charge on any atom is 0.136 e. The number of hydrogen-bond acceptors (Lipinski definition) is 3. The molecule has 0 heterocycles. The lowest BCUT2D eigenvalue weighted by atomic mass is 9.77. The fraction of sp³-hybridized carbons (Fsp3) is 0.867. The first-order valence-corrected chi connectivity index (χ1v) is 13.7. The minimum Gasteiger partial charge on any atom is -0.392 e. The van der Waals surface area contributed by atoms with E-state index in [1.54, 1.807) is 0 Å². The molecule has 3 nitrogen and oxygen atoms in total. The topological polar surface area (TPSA) is 54.4 Å². The molecule has 3 aliphatic carbocycles. The largest absolute Gasteiger partial charge is 0.392 e. The molecule has 3 aliphatic rings. The van der Waals surface area contributed by atoms with Gasteiger partial charge in [0.25, 0.3) is 0 Å². The van der Waals surface area contributed by atoms with Crippen LogP contribution in [0.1, 0.15) is 113 Å². The van der Waals surface area contributed by atoms with Gasteiger partial charge < -0.3 is 5.11 Å². The number of hydrogen-bond donors (Lipinski definition) is 1. The molecule has 0 bridgehead atoms. The second kappa shape index (κ2) is 14.4. The standard InChI is InChI=1S/3C10H18O/c3*1-7(2)9-5-4-8(3)6-10(9)11/h2*7-9H,4-6H2,1-3H3;8-11H,1,4-6H2,2-3H3/t8-,9+;8-,9-;8-,9+,10-/m111/s1. The van der Waals surface area contributed by atoms with E-state index < -0.39 is 0 Å². The highest BCUT2D eigenvalue weighted by molar-refractivity contribution is 5.82. The number of Topliss-reactive ketones (excluding diaryl/α,β-unsaturated/α-hetero) is 2. The van der Waals surface area contributed by atoms with Gasteiger partial charge >= 0.3 is 0 Å². The molecule has 0 unspecified atom stereocenters. The summed E-state index contributed by atoms with van der Waals surface area (Å²) in [6.45, 7) is 21.1. The summed E-state index contributed by atoms with van der Waals surface area (Å²) in [4.78, 5) is 22.9. The van der Waals surface area contributed by atoms with Gasteiger partial charge in [0.1, 0.15) is 11.6 Å². The summed E-state index contributed by atoms with van der Waals surface area (Å²) in [6.07, 6.45) is 9.57. The second-order valence-electron chi connectivity index (χ2n) is 12.3. The van der Waals surface area contributed by atoms with E-state index in [2.05, 4.69) is 55.0 Å². The predicted molar refractivity (Wildman–Crippen MR) is 140 cm³/mol. The van der Waals surface area contributed by atoms with Crippen molar-refractivity contribution in [3.05, 3.63) is 12.2 Å². The molecule has 0 spiro atoms. The van der Waals surface area contributed by atoms with Crippen molar-refractivity contribution in [1.29, 1.82) is 0 Å². The Kier molecular flexibility index (Phi) is 13.2. The molecule has 0 aromatic rings. The van der Waals surface area contributed by atoms with Crippen LogP contribution in [0.3, 0.4) is 0 Å². The minimum absolute atomic E-state index is 0.128. The molecule has 3 saturated carbocycles. The number of ketones is 2. The Morgan fingerprint density at radius 1 is 0.758 bits per heavy atom. The van der Waals surface area contributed by atoms with Gasteiger partial charge in [0.2, 0.25) is 0 Å². The Morgan fingerprint density at radius 3 is 1.45 bits per heavy atom. The van der Waals surface area contributed by atoms with Crippen LogP contribution >= 0.6 is 0 Å². The van der Waals surface area contributed by atoms with E-state index in [0.29, 0.717) is 58.9 Å². The van der Waals surface area contributed by atoms with Crippen molar-refractivity contribution in [2.75, 3.05) is 0 Å². The summed E-state index contributed by atoms with van der Waals surface area (Å²) in [5.41, 5.74) is 1.14. The molecule has 3 rings (SSSR count). The van der Waals surface area contributed by atoms with Crippen molar-refractivity contribution < 1.29 is 14.7 Å². The first-order chi connectivity index (χ1) is 15.3. The van der Waals surface area contributed by atoms with Crippen molar-refractivity contribution in [3.8, 4) is 0 Å². The predicted octanol–water partition coefficient (Wildman–Crippen LogP) is 7.66. The van der Waals surface area contributed by atoms with Crippen LogP contribution in [0.25, 0.3) is 0 Å². The Labute approximate surface area is 205 Å².